The van der Waals surface area contributed by atoms with Gasteiger partial charge in [-0.3, -0.25) is 0 Å². The summed E-state index contributed by atoms with van der Waals surface area (Å²) in [5.41, 5.74) is 3.22. The number of halogens is 3. The maximum atomic E-state index is 13.0. The van der Waals surface area contributed by atoms with Gasteiger partial charge in [0.15, 0.2) is 0 Å². The van der Waals surface area contributed by atoms with Crippen molar-refractivity contribution in [3.8, 4) is 0 Å². The summed E-state index contributed by atoms with van der Waals surface area (Å²) in [6.45, 7) is 1.55. The molecule has 1 heterocycles. The molecule has 2 atom stereocenters. The lowest BCUT2D eigenvalue weighted by Crippen LogP contribution is -2.40. The van der Waals surface area contributed by atoms with Crippen molar-refractivity contribution in [2.45, 2.75) is 31.5 Å². The van der Waals surface area contributed by atoms with Crippen molar-refractivity contribution in [3.05, 3.63) is 70.8 Å². The first-order valence-corrected chi connectivity index (χ1v) is 8.40. The molecule has 0 bridgehead atoms. The average Bonchev–Trinajstić information content (AvgIpc) is 3.04. The molecule has 0 spiro atoms. The number of hydrogen-bond donors (Lipinski definition) is 2. The second-order valence-electron chi connectivity index (χ2n) is 6.86. The highest BCUT2D eigenvalue weighted by molar-refractivity contribution is 5.35. The van der Waals surface area contributed by atoms with Crippen LogP contribution in [-0.2, 0) is 12.0 Å². The summed E-state index contributed by atoms with van der Waals surface area (Å²) in [5.74, 6) is -1.42. The normalized spacial score (nSPS) is 23.8. The molecule has 2 aromatic rings. The third-order valence-corrected chi connectivity index (χ3v) is 5.18. The van der Waals surface area contributed by atoms with E-state index in [-0.39, 0.29) is 19.6 Å². The van der Waals surface area contributed by atoms with Gasteiger partial charge in [0.1, 0.15) is 0 Å². The Kier molecular flexibility index (Phi) is 4.89. The van der Waals surface area contributed by atoms with Crippen molar-refractivity contribution in [3.63, 3.8) is 0 Å². The molecule has 1 aliphatic rings. The van der Waals surface area contributed by atoms with Gasteiger partial charge in [-0.1, -0.05) is 48.5 Å². The van der Waals surface area contributed by atoms with Gasteiger partial charge in [-0.2, -0.15) is 13.2 Å². The van der Waals surface area contributed by atoms with E-state index in [1.54, 1.807) is 0 Å². The highest BCUT2D eigenvalue weighted by atomic mass is 19.4. The Bertz CT molecular complexity index is 726. The van der Waals surface area contributed by atoms with Gasteiger partial charge in [0, 0.05) is 6.54 Å². The molecular formula is C20H22F3NO. The van der Waals surface area contributed by atoms with Gasteiger partial charge in [-0.25, -0.2) is 0 Å². The Morgan fingerprint density at radius 3 is 2.36 bits per heavy atom. The summed E-state index contributed by atoms with van der Waals surface area (Å²) in [4.78, 5) is 0. The molecule has 1 fully saturated rings. The molecule has 0 aromatic heterocycles. The molecule has 0 radical (unpaired) electrons. The van der Waals surface area contributed by atoms with Crippen molar-refractivity contribution < 1.29 is 18.3 Å². The van der Waals surface area contributed by atoms with Gasteiger partial charge < -0.3 is 10.4 Å². The van der Waals surface area contributed by atoms with Crippen molar-refractivity contribution >= 4 is 0 Å². The van der Waals surface area contributed by atoms with Crippen molar-refractivity contribution in [1.82, 2.24) is 5.32 Å². The fourth-order valence-electron chi connectivity index (χ4n) is 3.52. The van der Waals surface area contributed by atoms with E-state index in [9.17, 15) is 18.3 Å². The number of benzene rings is 2. The number of aryl methyl sites for hydroxylation is 1. The van der Waals surface area contributed by atoms with Crippen LogP contribution in [-0.4, -0.2) is 24.4 Å². The quantitative estimate of drug-likeness (QED) is 0.876. The highest BCUT2D eigenvalue weighted by Crippen LogP contribution is 2.41. The van der Waals surface area contributed by atoms with E-state index >= 15 is 0 Å². The second kappa shape index (κ2) is 6.81. The van der Waals surface area contributed by atoms with Crippen molar-refractivity contribution in [2.75, 3.05) is 13.2 Å². The van der Waals surface area contributed by atoms with Crippen molar-refractivity contribution in [1.29, 1.82) is 0 Å². The largest absolute Gasteiger partial charge is 0.394 e. The Morgan fingerprint density at radius 1 is 1.12 bits per heavy atom. The van der Waals surface area contributed by atoms with E-state index in [1.165, 1.54) is 11.1 Å². The van der Waals surface area contributed by atoms with Gasteiger partial charge in [-0.05, 0) is 42.0 Å². The molecule has 3 rings (SSSR count). The number of rotatable bonds is 4. The van der Waals surface area contributed by atoms with Crippen molar-refractivity contribution in [2.24, 2.45) is 5.92 Å². The van der Waals surface area contributed by atoms with Crippen LogP contribution < -0.4 is 5.32 Å². The van der Waals surface area contributed by atoms with Crippen LogP contribution in [0, 0.1) is 12.8 Å². The van der Waals surface area contributed by atoms with Crippen LogP contribution in [0.5, 0.6) is 0 Å². The minimum absolute atomic E-state index is 0.135. The van der Waals surface area contributed by atoms with Crippen LogP contribution >= 0.6 is 0 Å². The first kappa shape index (κ1) is 18.0. The first-order chi connectivity index (χ1) is 11.8. The number of aliphatic hydroxyl groups is 1. The summed E-state index contributed by atoms with van der Waals surface area (Å²) in [6, 6.07) is 15.6. The molecule has 0 amide bonds. The summed E-state index contributed by atoms with van der Waals surface area (Å²) >= 11 is 0. The van der Waals surface area contributed by atoms with E-state index in [2.05, 4.69) is 24.4 Å². The lowest BCUT2D eigenvalue weighted by atomic mass is 9.85. The SMILES string of the molecule is Cc1ccccc1Cc1ccc([C@]2(CO)C[C@H](C(F)(F)F)CN2)cc1. The van der Waals surface area contributed by atoms with Crippen LogP contribution in [0.25, 0.3) is 0 Å². The van der Waals surface area contributed by atoms with Crippen LogP contribution in [0.2, 0.25) is 0 Å². The number of alkyl halides is 3. The monoisotopic (exact) mass is 349 g/mol. The Hall–Kier alpha value is -1.85. The number of nitrogens with one attached hydrogen (secondary N) is 1. The molecule has 2 nitrogen and oxygen atoms in total. The molecular weight excluding hydrogens is 327 g/mol. The van der Waals surface area contributed by atoms with Crippen LogP contribution in [0.4, 0.5) is 13.2 Å². The van der Waals surface area contributed by atoms with Crippen LogP contribution in [0.1, 0.15) is 28.7 Å². The Morgan fingerprint density at radius 2 is 1.80 bits per heavy atom. The fraction of sp³-hybridized carbons (Fsp3) is 0.400. The number of aliphatic hydroxyl groups excluding tert-OH is 1. The van der Waals surface area contributed by atoms with E-state index in [0.717, 1.165) is 12.0 Å². The second-order valence-corrected chi connectivity index (χ2v) is 6.86. The zero-order chi connectivity index (χ0) is 18.1. The minimum Gasteiger partial charge on any atom is -0.394 e. The van der Waals surface area contributed by atoms with Gasteiger partial charge >= 0.3 is 6.18 Å². The topological polar surface area (TPSA) is 32.3 Å². The lowest BCUT2D eigenvalue weighted by Gasteiger charge is -2.28. The summed E-state index contributed by atoms with van der Waals surface area (Å²) in [6.07, 6.45) is -3.60. The lowest BCUT2D eigenvalue weighted by molar-refractivity contribution is -0.170. The molecule has 0 unspecified atom stereocenters. The molecule has 2 aromatic carbocycles. The average molecular weight is 349 g/mol. The van der Waals surface area contributed by atoms with E-state index < -0.39 is 17.6 Å². The van der Waals surface area contributed by atoms with Gasteiger partial charge in [0.2, 0.25) is 0 Å². The van der Waals surface area contributed by atoms with Gasteiger partial charge in [-0.15, -0.1) is 0 Å². The molecule has 25 heavy (non-hydrogen) atoms. The molecule has 1 aliphatic heterocycles. The first-order valence-electron chi connectivity index (χ1n) is 8.40. The molecule has 5 heteroatoms. The summed E-state index contributed by atoms with van der Waals surface area (Å²) in [7, 11) is 0. The third-order valence-electron chi connectivity index (χ3n) is 5.18. The molecule has 1 saturated heterocycles. The standard InChI is InChI=1S/C20H22F3NO/c1-14-4-2-3-5-16(14)10-15-6-8-17(9-7-15)19(13-25)11-18(12-24-19)20(21,22)23/h2-9,18,24-25H,10-13H2,1H3/t18-,19+/m0/s1. The van der Waals surface area contributed by atoms with E-state index in [1.807, 2.05) is 36.4 Å². The van der Waals surface area contributed by atoms with E-state index in [0.29, 0.717) is 5.56 Å². The Balaban J connectivity index is 1.78. The summed E-state index contributed by atoms with van der Waals surface area (Å²) < 4.78 is 38.9. The molecule has 134 valence electrons. The minimum atomic E-state index is -4.24. The fourth-order valence-corrected chi connectivity index (χ4v) is 3.52. The zero-order valence-electron chi connectivity index (χ0n) is 14.1. The van der Waals surface area contributed by atoms with Gasteiger partial charge in [0.05, 0.1) is 18.1 Å². The zero-order valence-corrected chi connectivity index (χ0v) is 14.1. The number of hydrogen-bond acceptors (Lipinski definition) is 2. The third kappa shape index (κ3) is 3.72. The molecule has 2 N–H and O–H groups in total. The molecule has 0 saturated carbocycles. The maximum Gasteiger partial charge on any atom is 0.393 e. The smallest absolute Gasteiger partial charge is 0.393 e. The predicted molar refractivity (Wildman–Crippen MR) is 91.4 cm³/mol. The Labute approximate surface area is 145 Å². The van der Waals surface area contributed by atoms with Crippen LogP contribution in [0.3, 0.4) is 0 Å². The maximum absolute atomic E-state index is 13.0. The summed E-state index contributed by atoms with van der Waals surface area (Å²) in [5, 5.41) is 12.7. The molecule has 0 aliphatic carbocycles. The van der Waals surface area contributed by atoms with Crippen LogP contribution in [0.15, 0.2) is 48.5 Å². The predicted octanol–water partition coefficient (Wildman–Crippen LogP) is 3.95. The van der Waals surface area contributed by atoms with E-state index in [4.69, 9.17) is 0 Å². The highest BCUT2D eigenvalue weighted by Gasteiger charge is 2.50. The van der Waals surface area contributed by atoms with Gasteiger partial charge in [0.25, 0.3) is 0 Å².